The molecule has 1 saturated heterocycles. The molecule has 12 nitrogen and oxygen atoms in total. The lowest BCUT2D eigenvalue weighted by Crippen LogP contribution is -2.59. The van der Waals surface area contributed by atoms with Gasteiger partial charge in [0.25, 0.3) is 5.91 Å². The Balaban J connectivity index is 0.00000184. The molecule has 5 unspecified atom stereocenters. The van der Waals surface area contributed by atoms with Gasteiger partial charge >= 0.3 is 12.0 Å². The number of nitrogens with one attached hydrogen (secondary N) is 3. The molecule has 0 bridgehead atoms. The number of esters is 1. The Morgan fingerprint density at radius 1 is 1.02 bits per heavy atom. The molecule has 12 heteroatoms. The highest BCUT2D eigenvalue weighted by molar-refractivity contribution is 6.37. The number of likely N-dealkylation sites (tertiary alicyclic amines) is 1. The Morgan fingerprint density at radius 2 is 1.66 bits per heavy atom. The highest BCUT2D eigenvalue weighted by Crippen LogP contribution is 2.32. The number of hydrogen-bond acceptors (Lipinski definition) is 7. The van der Waals surface area contributed by atoms with Crippen LogP contribution < -0.4 is 21.7 Å². The Kier molecular flexibility index (Phi) is 21.0. The van der Waals surface area contributed by atoms with Crippen LogP contribution in [0.2, 0.25) is 0 Å². The van der Waals surface area contributed by atoms with E-state index in [0.29, 0.717) is 32.1 Å². The van der Waals surface area contributed by atoms with Crippen molar-refractivity contribution in [3.63, 3.8) is 0 Å². The van der Waals surface area contributed by atoms with Crippen LogP contribution in [0.25, 0.3) is 0 Å². The summed E-state index contributed by atoms with van der Waals surface area (Å²) in [5.41, 5.74) is 4.58. The minimum absolute atomic E-state index is 0.0710. The summed E-state index contributed by atoms with van der Waals surface area (Å²) < 4.78 is 5.28. The van der Waals surface area contributed by atoms with Crippen molar-refractivity contribution < 1.29 is 33.5 Å². The molecule has 300 valence electrons. The Labute approximate surface area is 318 Å². The van der Waals surface area contributed by atoms with Gasteiger partial charge in [-0.25, -0.2) is 4.79 Å². The molecule has 2 fully saturated rings. The molecule has 3 aliphatic rings. The molecule has 0 aromatic rings. The van der Waals surface area contributed by atoms with E-state index in [4.69, 9.17) is 10.5 Å². The molecule has 2 aliphatic carbocycles. The van der Waals surface area contributed by atoms with Gasteiger partial charge in [0.2, 0.25) is 17.6 Å². The summed E-state index contributed by atoms with van der Waals surface area (Å²) in [6.45, 7) is 21.5. The fourth-order valence-electron chi connectivity index (χ4n) is 6.31. The summed E-state index contributed by atoms with van der Waals surface area (Å²) >= 11 is 0. The maximum Gasteiger partial charge on any atom is 0.325 e. The van der Waals surface area contributed by atoms with Gasteiger partial charge in [-0.3, -0.25) is 24.0 Å². The number of ether oxygens (including phenoxy) is 1. The van der Waals surface area contributed by atoms with Crippen LogP contribution >= 0.6 is 0 Å². The van der Waals surface area contributed by atoms with Gasteiger partial charge in [0.1, 0.15) is 24.2 Å². The van der Waals surface area contributed by atoms with Crippen LogP contribution in [0.4, 0.5) is 4.79 Å². The largest absolute Gasteiger partial charge is 0.459 e. The molecular weight excluding hydrogens is 674 g/mol. The van der Waals surface area contributed by atoms with Gasteiger partial charge in [-0.05, 0) is 82.5 Å². The quantitative estimate of drug-likeness (QED) is 0.105. The minimum atomic E-state index is -1.11. The van der Waals surface area contributed by atoms with Crippen LogP contribution in [0.3, 0.4) is 0 Å². The second-order valence-electron chi connectivity index (χ2n) is 15.5. The molecule has 1 saturated carbocycles. The molecule has 0 aromatic carbocycles. The highest BCUT2D eigenvalue weighted by atomic mass is 16.6. The van der Waals surface area contributed by atoms with Crippen molar-refractivity contribution in [1.29, 1.82) is 0 Å². The predicted molar refractivity (Wildman–Crippen MR) is 209 cm³/mol. The topological polar surface area (TPSA) is 177 Å². The van der Waals surface area contributed by atoms with Crippen LogP contribution in [0.1, 0.15) is 120 Å². The zero-order valence-electron chi connectivity index (χ0n) is 33.9. The van der Waals surface area contributed by atoms with Gasteiger partial charge in [0.05, 0.1) is 6.04 Å². The number of ketones is 1. The normalized spacial score (nSPS) is 23.6. The van der Waals surface area contributed by atoms with Crippen LogP contribution in [-0.4, -0.2) is 77.2 Å². The lowest BCUT2D eigenvalue weighted by atomic mass is 9.80. The molecule has 1 aliphatic heterocycles. The number of hydrogen-bond donors (Lipinski definition) is 4. The molecule has 53 heavy (non-hydrogen) atoms. The van der Waals surface area contributed by atoms with Gasteiger partial charge in [0, 0.05) is 6.54 Å². The molecule has 3 rings (SSSR count). The summed E-state index contributed by atoms with van der Waals surface area (Å²) in [7, 11) is 0. The maximum absolute atomic E-state index is 14.4. The van der Waals surface area contributed by atoms with E-state index in [1.165, 1.54) is 11.3 Å². The first kappa shape index (κ1) is 47.1. The Morgan fingerprint density at radius 3 is 2.19 bits per heavy atom. The summed E-state index contributed by atoms with van der Waals surface area (Å²) in [5, 5.41) is 8.05. The van der Waals surface area contributed by atoms with E-state index >= 15 is 0 Å². The Bertz CT molecular complexity index is 1280. The van der Waals surface area contributed by atoms with Crippen molar-refractivity contribution in [2.24, 2.45) is 35.3 Å². The molecule has 0 aromatic heterocycles. The fraction of sp³-hybridized carbons (Fsp3) is 0.707. The first-order valence-corrected chi connectivity index (χ1v) is 19.6. The van der Waals surface area contributed by atoms with Crippen LogP contribution in [0.5, 0.6) is 0 Å². The van der Waals surface area contributed by atoms with Crippen molar-refractivity contribution in [2.75, 3.05) is 13.1 Å². The molecule has 5 N–H and O–H groups in total. The molecule has 1 heterocycles. The fourth-order valence-corrected chi connectivity index (χ4v) is 6.31. The number of primary amides is 1. The SMILES string of the molecule is C=CC1/C=C\C=C/CCC(C(NC(=O)NCC(=O)OC(C)(C)C)C(=O)N2CCC(C)[C@H]2C(=O)NC(CC2CCC2)C(=O)C(N)=O)C1.CC.CCC(C)C. The second kappa shape index (κ2) is 23.7. The van der Waals surface area contributed by atoms with E-state index in [0.717, 1.165) is 25.2 Å². The van der Waals surface area contributed by atoms with Gasteiger partial charge < -0.3 is 31.3 Å². The van der Waals surface area contributed by atoms with Gasteiger partial charge in [-0.2, -0.15) is 0 Å². The maximum atomic E-state index is 14.4. The van der Waals surface area contributed by atoms with Gasteiger partial charge in [-0.1, -0.05) is 97.6 Å². The zero-order chi connectivity index (χ0) is 40.3. The number of nitrogens with zero attached hydrogens (tertiary/aromatic N) is 1. The number of carbonyl (C=O) groups is 6. The van der Waals surface area contributed by atoms with Gasteiger partial charge in [-0.15, -0.1) is 6.58 Å². The Hall–Kier alpha value is -3.96. The highest BCUT2D eigenvalue weighted by Gasteiger charge is 2.45. The number of rotatable bonds is 13. The van der Waals surface area contributed by atoms with E-state index in [1.54, 1.807) is 26.8 Å². The van der Waals surface area contributed by atoms with E-state index in [9.17, 15) is 28.8 Å². The van der Waals surface area contributed by atoms with Crippen molar-refractivity contribution in [3.05, 3.63) is 37.0 Å². The average molecular weight is 744 g/mol. The summed E-state index contributed by atoms with van der Waals surface area (Å²) in [6.07, 6.45) is 16.4. The summed E-state index contributed by atoms with van der Waals surface area (Å²) in [5.74, 6) is -3.11. The molecule has 0 spiro atoms. The molecule has 6 atom stereocenters. The average Bonchev–Trinajstić information content (AvgIpc) is 3.52. The number of carbonyl (C=O) groups excluding carboxylic acids is 6. The van der Waals surface area contributed by atoms with Crippen molar-refractivity contribution in [2.45, 2.75) is 144 Å². The van der Waals surface area contributed by atoms with E-state index in [2.05, 4.69) is 43.3 Å². The van der Waals surface area contributed by atoms with E-state index in [1.807, 2.05) is 45.1 Å². The molecule has 0 radical (unpaired) electrons. The summed E-state index contributed by atoms with van der Waals surface area (Å²) in [4.78, 5) is 79.5. The predicted octanol–water partition coefficient (Wildman–Crippen LogP) is 5.76. The third kappa shape index (κ3) is 16.7. The molecular formula is C41H69N5O7. The number of nitrogens with two attached hydrogens (primary N) is 1. The first-order chi connectivity index (χ1) is 25.0. The summed E-state index contributed by atoms with van der Waals surface area (Å²) in [6, 6.07) is -3.72. The first-order valence-electron chi connectivity index (χ1n) is 19.6. The zero-order valence-corrected chi connectivity index (χ0v) is 33.9. The van der Waals surface area contributed by atoms with Crippen molar-refractivity contribution >= 4 is 35.5 Å². The number of allylic oxidation sites excluding steroid dienone is 5. The van der Waals surface area contributed by atoms with Crippen LogP contribution in [0, 0.1) is 29.6 Å². The number of Topliss-reactive ketones (excluding diaryl/α,β-unsaturated/α-hetero) is 1. The van der Waals surface area contributed by atoms with E-state index in [-0.39, 0.29) is 30.2 Å². The minimum Gasteiger partial charge on any atom is -0.459 e. The number of urea groups is 1. The van der Waals surface area contributed by atoms with Crippen molar-refractivity contribution in [3.8, 4) is 0 Å². The lowest BCUT2D eigenvalue weighted by Gasteiger charge is -2.35. The molecule has 5 amide bonds. The van der Waals surface area contributed by atoms with Crippen LogP contribution in [0.15, 0.2) is 37.0 Å². The monoisotopic (exact) mass is 744 g/mol. The second-order valence-corrected chi connectivity index (χ2v) is 15.5. The van der Waals surface area contributed by atoms with Crippen molar-refractivity contribution in [1.82, 2.24) is 20.9 Å². The van der Waals surface area contributed by atoms with Gasteiger partial charge in [0.15, 0.2) is 0 Å². The third-order valence-electron chi connectivity index (χ3n) is 9.76. The lowest BCUT2D eigenvalue weighted by molar-refractivity contribution is -0.153. The third-order valence-corrected chi connectivity index (χ3v) is 9.76. The standard InChI is InChI=1S/C34H51N5O7.C5H12.C2H6/c1-6-22-12-9-7-8-10-15-24(18-22)27(38-33(45)36-20-26(40)46-34(3,4)5)32(44)39-17-16-21(2)28(39)31(43)37-25(29(41)30(35)42)19-23-13-11-14-23;1-4-5(2)3;1-2/h6-9,12,21-25,27-28H,1,10-11,13-20H2,2-5H3,(H2,35,42)(H,37,43)(H2,36,38,45);5H,4H2,1-3H3;1-2H3/b8-7-,12-9-;;/t21?,22?,24?,25?,27?,28-;;/m0../s1. The van der Waals surface area contributed by atoms with Crippen LogP contribution in [-0.2, 0) is 28.7 Å². The number of amides is 5. The van der Waals surface area contributed by atoms with E-state index < -0.39 is 65.8 Å². The smallest absolute Gasteiger partial charge is 0.325 e.